The molecule has 0 saturated carbocycles. The van der Waals surface area contributed by atoms with Gasteiger partial charge in [0.15, 0.2) is 0 Å². The average Bonchev–Trinajstić information content (AvgIpc) is 3.71. The van der Waals surface area contributed by atoms with E-state index in [0.717, 1.165) is 50.1 Å². The molecule has 0 aliphatic heterocycles. The average molecular weight is 764 g/mol. The van der Waals surface area contributed by atoms with Gasteiger partial charge in [0, 0.05) is 27.8 Å². The van der Waals surface area contributed by atoms with E-state index in [2.05, 4.69) is 217 Å². The molecule has 0 bridgehead atoms. The summed E-state index contributed by atoms with van der Waals surface area (Å²) in [5.74, 6) is 0. The van der Waals surface area contributed by atoms with Crippen LogP contribution in [-0.2, 0) is 0 Å². The molecule has 0 spiro atoms. The number of anilines is 3. The summed E-state index contributed by atoms with van der Waals surface area (Å²) in [7, 11) is 0. The highest BCUT2D eigenvalue weighted by molar-refractivity contribution is 6.30. The van der Waals surface area contributed by atoms with Crippen LogP contribution in [0.3, 0.4) is 0 Å². The SMILES string of the molecule is c1ccc(-c2cccc(N(c3ccc(-c4cc5ccccc5c5c4ccc4ccc6ccccc6c45)cc3)c3cccc(-c4cccc5oc6ccccc6c45)c3)c2)cc1. The van der Waals surface area contributed by atoms with Crippen molar-refractivity contribution in [3.63, 3.8) is 0 Å². The highest BCUT2D eigenvalue weighted by atomic mass is 16.3. The molecule has 11 aromatic carbocycles. The zero-order valence-electron chi connectivity index (χ0n) is 32.7. The molecule has 0 fully saturated rings. The Kier molecular flexibility index (Phi) is 7.89. The number of benzene rings is 11. The number of para-hydroxylation sites is 1. The Morgan fingerprint density at radius 1 is 0.267 bits per heavy atom. The first-order valence-electron chi connectivity index (χ1n) is 20.6. The van der Waals surface area contributed by atoms with Gasteiger partial charge in [-0.2, -0.15) is 0 Å². The fourth-order valence-electron chi connectivity index (χ4n) is 9.44. The van der Waals surface area contributed by atoms with Crippen molar-refractivity contribution < 1.29 is 4.42 Å². The quantitative estimate of drug-likeness (QED) is 0.157. The van der Waals surface area contributed by atoms with Crippen LogP contribution in [0.5, 0.6) is 0 Å². The van der Waals surface area contributed by atoms with Crippen LogP contribution < -0.4 is 4.90 Å². The summed E-state index contributed by atoms with van der Waals surface area (Å²) in [5, 5.41) is 12.4. The van der Waals surface area contributed by atoms with E-state index in [4.69, 9.17) is 4.42 Å². The van der Waals surface area contributed by atoms with Crippen LogP contribution in [0.1, 0.15) is 0 Å². The molecule has 0 N–H and O–H groups in total. The topological polar surface area (TPSA) is 16.4 Å². The first-order chi connectivity index (χ1) is 29.7. The second-order valence-electron chi connectivity index (χ2n) is 15.6. The van der Waals surface area contributed by atoms with E-state index in [1.165, 1.54) is 65.3 Å². The lowest BCUT2D eigenvalue weighted by molar-refractivity contribution is 0.669. The number of hydrogen-bond donors (Lipinski definition) is 0. The molecule has 0 unspecified atom stereocenters. The third-order valence-electron chi connectivity index (χ3n) is 12.2. The lowest BCUT2D eigenvalue weighted by atomic mass is 9.88. The molecule has 2 nitrogen and oxygen atoms in total. The molecule has 0 amide bonds. The minimum atomic E-state index is 0.893. The number of hydrogen-bond acceptors (Lipinski definition) is 2. The first kappa shape index (κ1) is 34.1. The van der Waals surface area contributed by atoms with Crippen molar-refractivity contribution in [1.29, 1.82) is 0 Å². The predicted molar refractivity (Wildman–Crippen MR) is 255 cm³/mol. The minimum absolute atomic E-state index is 0.893. The Labute approximate surface area is 347 Å². The second kappa shape index (κ2) is 13.9. The summed E-state index contributed by atoms with van der Waals surface area (Å²) < 4.78 is 6.31. The molecule has 280 valence electrons. The van der Waals surface area contributed by atoms with Gasteiger partial charge in [0.1, 0.15) is 11.2 Å². The zero-order chi connectivity index (χ0) is 39.6. The zero-order valence-corrected chi connectivity index (χ0v) is 32.7. The normalized spacial score (nSPS) is 11.7. The Morgan fingerprint density at radius 3 is 1.68 bits per heavy atom. The van der Waals surface area contributed by atoms with Gasteiger partial charge in [0.05, 0.1) is 0 Å². The van der Waals surface area contributed by atoms with Gasteiger partial charge in [-0.3, -0.25) is 0 Å². The van der Waals surface area contributed by atoms with Gasteiger partial charge in [-0.1, -0.05) is 170 Å². The van der Waals surface area contributed by atoms with Crippen molar-refractivity contribution in [2.75, 3.05) is 4.90 Å². The number of furan rings is 1. The van der Waals surface area contributed by atoms with E-state index in [1.807, 2.05) is 12.1 Å². The van der Waals surface area contributed by atoms with Crippen molar-refractivity contribution in [3.8, 4) is 33.4 Å². The maximum atomic E-state index is 6.31. The van der Waals surface area contributed by atoms with E-state index in [9.17, 15) is 0 Å². The molecule has 0 saturated heterocycles. The fourth-order valence-corrected chi connectivity index (χ4v) is 9.44. The molecule has 60 heavy (non-hydrogen) atoms. The van der Waals surface area contributed by atoms with Gasteiger partial charge >= 0.3 is 0 Å². The van der Waals surface area contributed by atoms with E-state index < -0.39 is 0 Å². The van der Waals surface area contributed by atoms with Crippen LogP contribution in [0.15, 0.2) is 229 Å². The lowest BCUT2D eigenvalue weighted by Gasteiger charge is -2.27. The maximum absolute atomic E-state index is 6.31. The Hall–Kier alpha value is -7.94. The maximum Gasteiger partial charge on any atom is 0.136 e. The van der Waals surface area contributed by atoms with Crippen LogP contribution >= 0.6 is 0 Å². The van der Waals surface area contributed by atoms with Gasteiger partial charge in [0.2, 0.25) is 0 Å². The smallest absolute Gasteiger partial charge is 0.136 e. The summed E-state index contributed by atoms with van der Waals surface area (Å²) in [6.45, 7) is 0. The summed E-state index contributed by atoms with van der Waals surface area (Å²) in [6.07, 6.45) is 0. The van der Waals surface area contributed by atoms with Gasteiger partial charge < -0.3 is 9.32 Å². The van der Waals surface area contributed by atoms with E-state index >= 15 is 0 Å². The van der Waals surface area contributed by atoms with Crippen LogP contribution in [0, 0.1) is 0 Å². The van der Waals surface area contributed by atoms with Crippen LogP contribution in [0.4, 0.5) is 17.1 Å². The third-order valence-corrected chi connectivity index (χ3v) is 12.2. The first-order valence-corrected chi connectivity index (χ1v) is 20.6. The van der Waals surface area contributed by atoms with Crippen molar-refractivity contribution in [1.82, 2.24) is 0 Å². The van der Waals surface area contributed by atoms with Gasteiger partial charge in [-0.05, 0) is 131 Å². The van der Waals surface area contributed by atoms with Crippen LogP contribution in [0.25, 0.3) is 98.4 Å². The summed E-state index contributed by atoms with van der Waals surface area (Å²) >= 11 is 0. The van der Waals surface area contributed by atoms with Crippen molar-refractivity contribution in [2.24, 2.45) is 0 Å². The predicted octanol–water partition coefficient (Wildman–Crippen LogP) is 16.7. The Balaban J connectivity index is 1.04. The van der Waals surface area contributed by atoms with E-state index in [-0.39, 0.29) is 0 Å². The molecule has 12 rings (SSSR count). The van der Waals surface area contributed by atoms with Gasteiger partial charge in [0.25, 0.3) is 0 Å². The van der Waals surface area contributed by atoms with E-state index in [0.29, 0.717) is 0 Å². The molecule has 0 aliphatic rings. The highest BCUT2D eigenvalue weighted by Gasteiger charge is 2.19. The van der Waals surface area contributed by atoms with Gasteiger partial charge in [-0.25, -0.2) is 0 Å². The number of nitrogens with zero attached hydrogens (tertiary/aromatic N) is 1. The summed E-state index contributed by atoms with van der Waals surface area (Å²) in [5.41, 5.74) is 12.1. The largest absolute Gasteiger partial charge is 0.456 e. The molecular weight excluding hydrogens is 727 g/mol. The highest BCUT2D eigenvalue weighted by Crippen LogP contribution is 2.44. The summed E-state index contributed by atoms with van der Waals surface area (Å²) in [4.78, 5) is 2.38. The standard InChI is InChI=1S/C58H37NO/c1-2-13-38(14-3-1)42-17-10-19-46(35-42)59(47-20-11-18-43(36-47)49-24-12-26-55-57(49)52-23-8-9-25-54(52)60-55)45-32-29-40(30-33-45)53-37-44-16-5-7-22-50(44)58-51(53)34-31-41-28-27-39-15-4-6-21-48(39)56(41)58/h1-37H. The molecule has 0 aliphatic carbocycles. The van der Waals surface area contributed by atoms with Crippen molar-refractivity contribution >= 4 is 82.1 Å². The molecule has 2 heteroatoms. The monoisotopic (exact) mass is 763 g/mol. The van der Waals surface area contributed by atoms with Crippen LogP contribution in [-0.4, -0.2) is 0 Å². The molecule has 0 atom stereocenters. The summed E-state index contributed by atoms with van der Waals surface area (Å²) in [6, 6.07) is 81.3. The van der Waals surface area contributed by atoms with Crippen LogP contribution in [0.2, 0.25) is 0 Å². The molecule has 1 aromatic heterocycles. The fraction of sp³-hybridized carbons (Fsp3) is 0. The third kappa shape index (κ3) is 5.57. The second-order valence-corrected chi connectivity index (χ2v) is 15.6. The molecular formula is C58H37NO. The molecule has 1 heterocycles. The van der Waals surface area contributed by atoms with E-state index in [1.54, 1.807) is 0 Å². The molecule has 12 aromatic rings. The Morgan fingerprint density at radius 2 is 0.867 bits per heavy atom. The Bertz CT molecular complexity index is 3600. The van der Waals surface area contributed by atoms with Crippen molar-refractivity contribution in [3.05, 3.63) is 224 Å². The lowest BCUT2D eigenvalue weighted by Crippen LogP contribution is -2.10. The molecule has 0 radical (unpaired) electrons. The van der Waals surface area contributed by atoms with Gasteiger partial charge in [-0.15, -0.1) is 0 Å². The minimum Gasteiger partial charge on any atom is -0.456 e. The van der Waals surface area contributed by atoms with Crippen molar-refractivity contribution in [2.45, 2.75) is 0 Å². The number of fused-ring (bicyclic) bond motifs is 10. The number of rotatable bonds is 6.